The number of hydrogen-bond acceptors (Lipinski definition) is 4. The Labute approximate surface area is 121 Å². The summed E-state index contributed by atoms with van der Waals surface area (Å²) in [6.07, 6.45) is 2.31. The van der Waals surface area contributed by atoms with Gasteiger partial charge in [0, 0.05) is 5.92 Å². The number of fused-ring (bicyclic) bond motifs is 1. The van der Waals surface area contributed by atoms with Crippen molar-refractivity contribution in [2.24, 2.45) is 22.7 Å². The maximum absolute atomic E-state index is 12.1. The third kappa shape index (κ3) is 2.45. The fourth-order valence-corrected chi connectivity index (χ4v) is 3.45. The van der Waals surface area contributed by atoms with Gasteiger partial charge in [-0.05, 0) is 46.0 Å². The molecule has 1 saturated carbocycles. The van der Waals surface area contributed by atoms with Gasteiger partial charge in [0.1, 0.15) is 12.7 Å². The van der Waals surface area contributed by atoms with Gasteiger partial charge >= 0.3 is 11.9 Å². The Kier molecular flexibility index (Phi) is 3.87. The molecule has 20 heavy (non-hydrogen) atoms. The van der Waals surface area contributed by atoms with E-state index < -0.39 is 5.41 Å². The zero-order chi connectivity index (χ0) is 15.1. The van der Waals surface area contributed by atoms with Crippen LogP contribution in [0.3, 0.4) is 0 Å². The van der Waals surface area contributed by atoms with Crippen LogP contribution in [0.1, 0.15) is 53.9 Å². The molecule has 1 aliphatic heterocycles. The van der Waals surface area contributed by atoms with Crippen LogP contribution in [0, 0.1) is 22.7 Å². The van der Waals surface area contributed by atoms with Gasteiger partial charge in [-0.2, -0.15) is 0 Å². The van der Waals surface area contributed by atoms with Crippen molar-refractivity contribution in [1.29, 1.82) is 0 Å². The highest BCUT2D eigenvalue weighted by atomic mass is 16.6. The minimum atomic E-state index is -0.477. The molecule has 2 rings (SSSR count). The molecule has 0 aromatic heterocycles. The second-order valence-electron chi connectivity index (χ2n) is 7.35. The molecule has 4 atom stereocenters. The number of rotatable bonds is 4. The Morgan fingerprint density at radius 3 is 2.75 bits per heavy atom. The molecule has 1 heterocycles. The van der Waals surface area contributed by atoms with E-state index >= 15 is 0 Å². The van der Waals surface area contributed by atoms with E-state index in [-0.39, 0.29) is 36.0 Å². The van der Waals surface area contributed by atoms with E-state index in [1.807, 2.05) is 27.7 Å². The first kappa shape index (κ1) is 15.3. The van der Waals surface area contributed by atoms with Crippen LogP contribution in [-0.4, -0.2) is 24.6 Å². The maximum Gasteiger partial charge on any atom is 0.312 e. The summed E-state index contributed by atoms with van der Waals surface area (Å²) in [5.74, 6) is 0.379. The van der Waals surface area contributed by atoms with Crippen LogP contribution in [-0.2, 0) is 19.1 Å². The van der Waals surface area contributed by atoms with Crippen molar-refractivity contribution in [3.8, 4) is 0 Å². The van der Waals surface area contributed by atoms with Gasteiger partial charge < -0.3 is 9.47 Å². The van der Waals surface area contributed by atoms with Gasteiger partial charge in [-0.3, -0.25) is 9.59 Å². The fraction of sp³-hybridized carbons (Fsp3) is 0.875. The quantitative estimate of drug-likeness (QED) is 0.744. The summed E-state index contributed by atoms with van der Waals surface area (Å²) >= 11 is 0. The molecule has 0 radical (unpaired) electrons. The van der Waals surface area contributed by atoms with Crippen molar-refractivity contribution >= 4 is 11.9 Å². The average molecular weight is 282 g/mol. The van der Waals surface area contributed by atoms with E-state index in [2.05, 4.69) is 6.92 Å². The standard InChI is InChI=1S/C16H26O4/c1-6-15(3,4)13(17)19-9-12-11-7-10(2)8-16(11,5)14(18)20-12/h10-12H,6-9H2,1-5H3. The van der Waals surface area contributed by atoms with Gasteiger partial charge in [0.2, 0.25) is 0 Å². The lowest BCUT2D eigenvalue weighted by Crippen LogP contribution is -2.32. The Morgan fingerprint density at radius 2 is 2.15 bits per heavy atom. The first-order valence-corrected chi connectivity index (χ1v) is 7.59. The van der Waals surface area contributed by atoms with Gasteiger partial charge in [-0.15, -0.1) is 0 Å². The number of carbonyl (C=O) groups excluding carboxylic acids is 2. The highest BCUT2D eigenvalue weighted by molar-refractivity contribution is 5.80. The van der Waals surface area contributed by atoms with Crippen LogP contribution in [0.15, 0.2) is 0 Å². The smallest absolute Gasteiger partial charge is 0.312 e. The summed E-state index contributed by atoms with van der Waals surface area (Å²) in [6, 6.07) is 0. The molecule has 4 unspecified atom stereocenters. The number of ether oxygens (including phenoxy) is 2. The average Bonchev–Trinajstić information content (AvgIpc) is 2.80. The van der Waals surface area contributed by atoms with Crippen LogP contribution in [0.25, 0.3) is 0 Å². The van der Waals surface area contributed by atoms with Crippen molar-refractivity contribution in [3.63, 3.8) is 0 Å². The molecule has 0 amide bonds. The molecule has 0 bridgehead atoms. The van der Waals surface area contributed by atoms with Crippen molar-refractivity contribution in [1.82, 2.24) is 0 Å². The van der Waals surface area contributed by atoms with Gasteiger partial charge in [0.25, 0.3) is 0 Å². The van der Waals surface area contributed by atoms with Crippen LogP contribution >= 0.6 is 0 Å². The second-order valence-corrected chi connectivity index (χ2v) is 7.35. The van der Waals surface area contributed by atoms with Crippen molar-refractivity contribution in [2.45, 2.75) is 60.0 Å². The first-order valence-electron chi connectivity index (χ1n) is 7.59. The van der Waals surface area contributed by atoms with E-state index in [0.717, 1.165) is 19.3 Å². The lowest BCUT2D eigenvalue weighted by atomic mass is 9.79. The molecule has 4 heteroatoms. The lowest BCUT2D eigenvalue weighted by Gasteiger charge is -2.24. The monoisotopic (exact) mass is 282 g/mol. The van der Waals surface area contributed by atoms with Crippen molar-refractivity contribution in [2.75, 3.05) is 6.61 Å². The van der Waals surface area contributed by atoms with Gasteiger partial charge in [0.15, 0.2) is 0 Å². The molecule has 4 nitrogen and oxygen atoms in total. The molecule has 0 spiro atoms. The Morgan fingerprint density at radius 1 is 1.50 bits per heavy atom. The van der Waals surface area contributed by atoms with Crippen LogP contribution < -0.4 is 0 Å². The van der Waals surface area contributed by atoms with E-state index in [0.29, 0.717) is 5.92 Å². The third-order valence-corrected chi connectivity index (χ3v) is 5.24. The third-order valence-electron chi connectivity index (χ3n) is 5.24. The maximum atomic E-state index is 12.1. The fourth-order valence-electron chi connectivity index (χ4n) is 3.45. The number of esters is 2. The van der Waals surface area contributed by atoms with Crippen LogP contribution in [0.4, 0.5) is 0 Å². The molecule has 114 valence electrons. The molecule has 0 N–H and O–H groups in total. The summed E-state index contributed by atoms with van der Waals surface area (Å²) in [4.78, 5) is 24.1. The van der Waals surface area contributed by atoms with E-state index in [9.17, 15) is 9.59 Å². The molecule has 1 aliphatic carbocycles. The van der Waals surface area contributed by atoms with E-state index in [1.54, 1.807) is 0 Å². The first-order chi connectivity index (χ1) is 9.20. The zero-order valence-electron chi connectivity index (χ0n) is 13.2. The molecule has 0 aromatic carbocycles. The second kappa shape index (κ2) is 5.05. The van der Waals surface area contributed by atoms with Crippen molar-refractivity contribution < 1.29 is 19.1 Å². The predicted octanol–water partition coefficient (Wildman–Crippen LogP) is 2.94. The number of hydrogen-bond donors (Lipinski definition) is 0. The SMILES string of the molecule is CCC(C)(C)C(=O)OCC1OC(=O)C2(C)CC(C)CC12. The summed E-state index contributed by atoms with van der Waals surface area (Å²) in [6.45, 7) is 10.1. The number of cyclic esters (lactones) is 1. The molecule has 0 aromatic rings. The summed E-state index contributed by atoms with van der Waals surface area (Å²) in [5.41, 5.74) is -0.856. The van der Waals surface area contributed by atoms with Gasteiger partial charge in [0.05, 0.1) is 10.8 Å². The largest absolute Gasteiger partial charge is 0.461 e. The summed E-state index contributed by atoms with van der Waals surface area (Å²) in [7, 11) is 0. The highest BCUT2D eigenvalue weighted by Crippen LogP contribution is 2.53. The van der Waals surface area contributed by atoms with Gasteiger partial charge in [-0.25, -0.2) is 0 Å². The van der Waals surface area contributed by atoms with Crippen molar-refractivity contribution in [3.05, 3.63) is 0 Å². The summed E-state index contributed by atoms with van der Waals surface area (Å²) < 4.78 is 10.9. The Bertz CT molecular complexity index is 415. The summed E-state index contributed by atoms with van der Waals surface area (Å²) in [5, 5.41) is 0. The normalized spacial score (nSPS) is 36.6. The van der Waals surface area contributed by atoms with Gasteiger partial charge in [-0.1, -0.05) is 13.8 Å². The van der Waals surface area contributed by atoms with Crippen LogP contribution in [0.5, 0.6) is 0 Å². The topological polar surface area (TPSA) is 52.6 Å². The predicted molar refractivity (Wildman–Crippen MR) is 74.9 cm³/mol. The van der Waals surface area contributed by atoms with E-state index in [1.165, 1.54) is 0 Å². The molecule has 2 aliphatic rings. The lowest BCUT2D eigenvalue weighted by molar-refractivity contribution is -0.162. The minimum Gasteiger partial charge on any atom is -0.461 e. The Hall–Kier alpha value is -1.06. The van der Waals surface area contributed by atoms with E-state index in [4.69, 9.17) is 9.47 Å². The molecule has 1 saturated heterocycles. The molecule has 2 fully saturated rings. The highest BCUT2D eigenvalue weighted by Gasteiger charge is 2.58. The number of carbonyl (C=O) groups is 2. The molecular weight excluding hydrogens is 256 g/mol. The molecular formula is C16H26O4. The van der Waals surface area contributed by atoms with Crippen LogP contribution in [0.2, 0.25) is 0 Å². The minimum absolute atomic E-state index is 0.123. The zero-order valence-corrected chi connectivity index (χ0v) is 13.2. The Balaban J connectivity index is 1.98.